The molecule has 1 aromatic rings. The van der Waals surface area contributed by atoms with Crippen LogP contribution in [0.2, 0.25) is 5.02 Å². The Morgan fingerprint density at radius 1 is 1.24 bits per heavy atom. The average Bonchev–Trinajstić information content (AvgIpc) is 3.39. The summed E-state index contributed by atoms with van der Waals surface area (Å²) in [7, 11) is 0. The number of carbonyl (C=O) groups is 1. The molecule has 1 aliphatic rings. The second-order valence-electron chi connectivity index (χ2n) is 7.00. The van der Waals surface area contributed by atoms with E-state index in [4.69, 9.17) is 21.1 Å². The van der Waals surface area contributed by atoms with Crippen molar-refractivity contribution in [1.82, 2.24) is 4.90 Å². The van der Waals surface area contributed by atoms with Gasteiger partial charge in [0.15, 0.2) is 11.5 Å². The van der Waals surface area contributed by atoms with Crippen LogP contribution in [0.3, 0.4) is 0 Å². The minimum atomic E-state index is 0.0218. The van der Waals surface area contributed by atoms with Crippen LogP contribution < -0.4 is 9.47 Å². The van der Waals surface area contributed by atoms with Gasteiger partial charge < -0.3 is 14.4 Å². The van der Waals surface area contributed by atoms with Gasteiger partial charge in [0, 0.05) is 17.6 Å². The van der Waals surface area contributed by atoms with Crippen LogP contribution in [0.15, 0.2) is 12.1 Å². The summed E-state index contributed by atoms with van der Waals surface area (Å²) < 4.78 is 11.4. The lowest BCUT2D eigenvalue weighted by Crippen LogP contribution is -2.43. The molecule has 0 aliphatic heterocycles. The fraction of sp³-hybridized carbons (Fsp3) is 0.650. The summed E-state index contributed by atoms with van der Waals surface area (Å²) in [5.41, 5.74) is 0.566. The van der Waals surface area contributed by atoms with E-state index in [9.17, 15) is 4.79 Å². The van der Waals surface area contributed by atoms with Crippen LogP contribution in [0, 0.1) is 5.92 Å². The number of rotatable bonds is 9. The Hall–Kier alpha value is -1.42. The van der Waals surface area contributed by atoms with Crippen LogP contribution in [-0.2, 0) is 0 Å². The molecule has 0 bridgehead atoms. The molecule has 1 saturated carbocycles. The fourth-order valence-electron chi connectivity index (χ4n) is 2.80. The largest absolute Gasteiger partial charge is 0.490 e. The molecule has 0 N–H and O–H groups in total. The third-order valence-electron chi connectivity index (χ3n) is 4.59. The first-order chi connectivity index (χ1) is 11.9. The monoisotopic (exact) mass is 367 g/mol. The van der Waals surface area contributed by atoms with E-state index in [0.29, 0.717) is 47.3 Å². The molecule has 0 spiro atoms. The maximum absolute atomic E-state index is 13.2. The van der Waals surface area contributed by atoms with Crippen molar-refractivity contribution in [2.75, 3.05) is 13.2 Å². The van der Waals surface area contributed by atoms with Crippen molar-refractivity contribution < 1.29 is 14.3 Å². The molecular formula is C20H30ClNO3. The summed E-state index contributed by atoms with van der Waals surface area (Å²) in [5, 5.41) is 0.427. The number of nitrogens with zero attached hydrogens (tertiary/aromatic N) is 1. The molecule has 0 radical (unpaired) electrons. The molecular weight excluding hydrogens is 338 g/mol. The van der Waals surface area contributed by atoms with Gasteiger partial charge in [-0.1, -0.05) is 32.4 Å². The third-order valence-corrected chi connectivity index (χ3v) is 4.87. The van der Waals surface area contributed by atoms with Crippen molar-refractivity contribution in [3.05, 3.63) is 22.7 Å². The van der Waals surface area contributed by atoms with Crippen molar-refractivity contribution in [3.8, 4) is 11.5 Å². The van der Waals surface area contributed by atoms with Crippen LogP contribution in [0.25, 0.3) is 0 Å². The van der Waals surface area contributed by atoms with Crippen LogP contribution in [0.5, 0.6) is 11.5 Å². The number of hydrogen-bond acceptors (Lipinski definition) is 3. The second-order valence-corrected chi connectivity index (χ2v) is 7.40. The Morgan fingerprint density at radius 2 is 1.92 bits per heavy atom. The predicted octanol–water partition coefficient (Wildman–Crippen LogP) is 5.18. The highest BCUT2D eigenvalue weighted by molar-refractivity contribution is 6.32. The van der Waals surface area contributed by atoms with E-state index < -0.39 is 0 Å². The number of hydrogen-bond donors (Lipinski definition) is 0. The number of ether oxygens (including phenoxy) is 2. The lowest BCUT2D eigenvalue weighted by atomic mass is 10.0. The molecule has 0 heterocycles. The molecule has 25 heavy (non-hydrogen) atoms. The Kier molecular flexibility index (Phi) is 7.00. The predicted molar refractivity (Wildman–Crippen MR) is 102 cm³/mol. The van der Waals surface area contributed by atoms with E-state index in [1.807, 2.05) is 18.7 Å². The van der Waals surface area contributed by atoms with Gasteiger partial charge in [0.25, 0.3) is 5.91 Å². The quantitative estimate of drug-likeness (QED) is 0.603. The standard InChI is InChI=1S/C20H30ClNO3/c1-6-10-25-19-17(21)11-15(12-18(19)24-7-2)20(23)22(16-8-9-16)14(5)13(3)4/h11-14,16H,6-10H2,1-5H3. The van der Waals surface area contributed by atoms with E-state index in [1.165, 1.54) is 0 Å². The zero-order chi connectivity index (χ0) is 18.6. The van der Waals surface area contributed by atoms with Gasteiger partial charge >= 0.3 is 0 Å². The van der Waals surface area contributed by atoms with Crippen molar-refractivity contribution >= 4 is 17.5 Å². The SMILES string of the molecule is CCCOc1c(Cl)cc(C(=O)N(C2CC2)C(C)C(C)C)cc1OCC. The highest BCUT2D eigenvalue weighted by Crippen LogP contribution is 2.39. The molecule has 0 aromatic heterocycles. The average molecular weight is 368 g/mol. The van der Waals surface area contributed by atoms with Crippen molar-refractivity contribution in [2.24, 2.45) is 5.92 Å². The summed E-state index contributed by atoms with van der Waals surface area (Å²) >= 11 is 6.42. The van der Waals surface area contributed by atoms with Crippen LogP contribution in [0.4, 0.5) is 0 Å². The summed E-state index contributed by atoms with van der Waals surface area (Å²) in [6.45, 7) is 11.4. The van der Waals surface area contributed by atoms with Crippen LogP contribution >= 0.6 is 11.6 Å². The highest BCUT2D eigenvalue weighted by Gasteiger charge is 2.37. The summed E-state index contributed by atoms with van der Waals surface area (Å²) in [4.78, 5) is 15.2. The Bertz CT molecular complexity index is 599. The van der Waals surface area contributed by atoms with E-state index in [-0.39, 0.29) is 11.9 Å². The molecule has 1 unspecified atom stereocenters. The van der Waals surface area contributed by atoms with E-state index in [0.717, 1.165) is 19.3 Å². The van der Waals surface area contributed by atoms with Gasteiger partial charge in [-0.2, -0.15) is 0 Å². The zero-order valence-electron chi connectivity index (χ0n) is 16.0. The minimum Gasteiger partial charge on any atom is -0.490 e. The first kappa shape index (κ1) is 19.9. The van der Waals surface area contributed by atoms with Gasteiger partial charge in [-0.05, 0) is 51.2 Å². The first-order valence-electron chi connectivity index (χ1n) is 9.32. The molecule has 4 nitrogen and oxygen atoms in total. The van der Waals surface area contributed by atoms with E-state index in [1.54, 1.807) is 12.1 Å². The molecule has 1 atom stereocenters. The van der Waals surface area contributed by atoms with Crippen molar-refractivity contribution in [3.63, 3.8) is 0 Å². The Balaban J connectivity index is 2.35. The fourth-order valence-corrected chi connectivity index (χ4v) is 3.07. The summed E-state index contributed by atoms with van der Waals surface area (Å²) in [5.74, 6) is 1.49. The Labute approximate surface area is 156 Å². The molecule has 0 saturated heterocycles. The smallest absolute Gasteiger partial charge is 0.254 e. The van der Waals surface area contributed by atoms with Crippen LogP contribution in [0.1, 0.15) is 64.2 Å². The number of benzene rings is 1. The molecule has 2 rings (SSSR count). The van der Waals surface area contributed by atoms with Gasteiger partial charge in [0.1, 0.15) is 0 Å². The maximum Gasteiger partial charge on any atom is 0.254 e. The first-order valence-corrected chi connectivity index (χ1v) is 9.70. The Morgan fingerprint density at radius 3 is 2.44 bits per heavy atom. The normalized spacial score (nSPS) is 15.2. The molecule has 1 amide bonds. The molecule has 1 aliphatic carbocycles. The van der Waals surface area contributed by atoms with Gasteiger partial charge in [-0.25, -0.2) is 0 Å². The van der Waals surface area contributed by atoms with E-state index in [2.05, 4.69) is 20.8 Å². The second kappa shape index (κ2) is 8.79. The van der Waals surface area contributed by atoms with Gasteiger partial charge in [0.05, 0.1) is 18.2 Å². The lowest BCUT2D eigenvalue weighted by Gasteiger charge is -2.32. The summed E-state index contributed by atoms with van der Waals surface area (Å²) in [6, 6.07) is 4.01. The highest BCUT2D eigenvalue weighted by atomic mass is 35.5. The summed E-state index contributed by atoms with van der Waals surface area (Å²) in [6.07, 6.45) is 3.03. The molecule has 1 aromatic carbocycles. The lowest BCUT2D eigenvalue weighted by molar-refractivity contribution is 0.0627. The number of carbonyl (C=O) groups excluding carboxylic acids is 1. The van der Waals surface area contributed by atoms with Crippen molar-refractivity contribution in [1.29, 1.82) is 0 Å². The maximum atomic E-state index is 13.2. The topological polar surface area (TPSA) is 38.8 Å². The number of amides is 1. The molecule has 140 valence electrons. The minimum absolute atomic E-state index is 0.0218. The number of halogens is 1. The van der Waals surface area contributed by atoms with Gasteiger partial charge in [-0.15, -0.1) is 0 Å². The van der Waals surface area contributed by atoms with E-state index >= 15 is 0 Å². The molecule has 5 heteroatoms. The van der Waals surface area contributed by atoms with Gasteiger partial charge in [-0.3, -0.25) is 4.79 Å². The zero-order valence-corrected chi connectivity index (χ0v) is 16.7. The van der Waals surface area contributed by atoms with Crippen LogP contribution in [-0.4, -0.2) is 36.1 Å². The van der Waals surface area contributed by atoms with Gasteiger partial charge in [0.2, 0.25) is 0 Å². The van der Waals surface area contributed by atoms with Crippen molar-refractivity contribution in [2.45, 2.75) is 66.0 Å². The molecule has 1 fully saturated rings. The third kappa shape index (κ3) is 4.81.